The first kappa shape index (κ1) is 14.0. The number of nitrogens with one attached hydrogen (secondary N) is 1. The number of hydrogen-bond donors (Lipinski definition) is 1. The van der Waals surface area contributed by atoms with E-state index >= 15 is 0 Å². The average Bonchev–Trinajstić information content (AvgIpc) is 2.72. The van der Waals surface area contributed by atoms with Crippen LogP contribution in [-0.2, 0) is 4.74 Å². The summed E-state index contributed by atoms with van der Waals surface area (Å²) in [5.41, 5.74) is 0. The molecule has 1 rings (SSSR count). The summed E-state index contributed by atoms with van der Waals surface area (Å²) in [6, 6.07) is 0.624. The maximum atomic E-state index is 5.81. The third kappa shape index (κ3) is 3.74. The highest BCUT2D eigenvalue weighted by Gasteiger charge is 2.30. The molecule has 96 valence electrons. The van der Waals surface area contributed by atoms with Crippen LogP contribution >= 0.6 is 0 Å². The fourth-order valence-corrected chi connectivity index (χ4v) is 2.50. The van der Waals surface area contributed by atoms with Gasteiger partial charge in [0, 0.05) is 19.2 Å². The molecule has 0 aromatic heterocycles. The Kier molecular flexibility index (Phi) is 5.77. The SMILES string of the molecule is CCC(C)C(C)NCC1CCOC1C(C)C. The summed E-state index contributed by atoms with van der Waals surface area (Å²) in [5.74, 6) is 2.12. The van der Waals surface area contributed by atoms with Crippen molar-refractivity contribution in [3.63, 3.8) is 0 Å². The van der Waals surface area contributed by atoms with Gasteiger partial charge in [-0.1, -0.05) is 34.1 Å². The fraction of sp³-hybridized carbons (Fsp3) is 1.00. The van der Waals surface area contributed by atoms with Gasteiger partial charge in [-0.05, 0) is 31.1 Å². The van der Waals surface area contributed by atoms with Gasteiger partial charge >= 0.3 is 0 Å². The van der Waals surface area contributed by atoms with Gasteiger partial charge in [-0.3, -0.25) is 0 Å². The van der Waals surface area contributed by atoms with Gasteiger partial charge in [0.15, 0.2) is 0 Å². The van der Waals surface area contributed by atoms with Crippen molar-refractivity contribution in [1.82, 2.24) is 5.32 Å². The van der Waals surface area contributed by atoms with Crippen LogP contribution in [0.25, 0.3) is 0 Å². The van der Waals surface area contributed by atoms with Crippen LogP contribution < -0.4 is 5.32 Å². The second kappa shape index (κ2) is 6.61. The Morgan fingerprint density at radius 3 is 2.50 bits per heavy atom. The van der Waals surface area contributed by atoms with Crippen molar-refractivity contribution >= 4 is 0 Å². The monoisotopic (exact) mass is 227 g/mol. The van der Waals surface area contributed by atoms with Crippen molar-refractivity contribution in [1.29, 1.82) is 0 Å². The third-order valence-corrected chi connectivity index (χ3v) is 4.12. The van der Waals surface area contributed by atoms with Gasteiger partial charge in [0.05, 0.1) is 6.10 Å². The van der Waals surface area contributed by atoms with E-state index in [1.54, 1.807) is 0 Å². The fourth-order valence-electron chi connectivity index (χ4n) is 2.50. The van der Waals surface area contributed by atoms with Crippen molar-refractivity contribution in [2.45, 2.75) is 59.6 Å². The largest absolute Gasteiger partial charge is 0.378 e. The minimum Gasteiger partial charge on any atom is -0.378 e. The summed E-state index contributed by atoms with van der Waals surface area (Å²) in [7, 11) is 0. The highest BCUT2D eigenvalue weighted by molar-refractivity contribution is 4.81. The molecule has 4 unspecified atom stereocenters. The van der Waals surface area contributed by atoms with E-state index in [1.165, 1.54) is 12.8 Å². The molecule has 1 fully saturated rings. The molecule has 0 aromatic carbocycles. The van der Waals surface area contributed by atoms with E-state index in [0.29, 0.717) is 24.0 Å². The van der Waals surface area contributed by atoms with Crippen molar-refractivity contribution in [2.75, 3.05) is 13.2 Å². The molecule has 16 heavy (non-hydrogen) atoms. The van der Waals surface area contributed by atoms with Gasteiger partial charge < -0.3 is 10.1 Å². The Morgan fingerprint density at radius 1 is 1.25 bits per heavy atom. The summed E-state index contributed by atoms with van der Waals surface area (Å²) in [4.78, 5) is 0. The second-order valence-electron chi connectivity index (χ2n) is 5.71. The lowest BCUT2D eigenvalue weighted by molar-refractivity contribution is 0.0531. The van der Waals surface area contributed by atoms with E-state index in [9.17, 15) is 0 Å². The van der Waals surface area contributed by atoms with Crippen molar-refractivity contribution in [3.8, 4) is 0 Å². The summed E-state index contributed by atoms with van der Waals surface area (Å²) in [5, 5.41) is 3.68. The minimum atomic E-state index is 0.469. The van der Waals surface area contributed by atoms with E-state index in [-0.39, 0.29) is 0 Å². The molecule has 1 saturated heterocycles. The number of rotatable bonds is 6. The molecule has 0 aromatic rings. The quantitative estimate of drug-likeness (QED) is 0.753. The molecule has 0 aliphatic carbocycles. The number of hydrogen-bond acceptors (Lipinski definition) is 2. The lowest BCUT2D eigenvalue weighted by atomic mass is 9.92. The minimum absolute atomic E-state index is 0.469. The van der Waals surface area contributed by atoms with E-state index in [4.69, 9.17) is 4.74 Å². The van der Waals surface area contributed by atoms with Crippen LogP contribution in [0.1, 0.15) is 47.5 Å². The average molecular weight is 227 g/mol. The zero-order chi connectivity index (χ0) is 12.1. The molecule has 2 nitrogen and oxygen atoms in total. The van der Waals surface area contributed by atoms with Crippen LogP contribution in [0, 0.1) is 17.8 Å². The second-order valence-corrected chi connectivity index (χ2v) is 5.71. The highest BCUT2D eigenvalue weighted by atomic mass is 16.5. The Bertz CT molecular complexity index is 193. The summed E-state index contributed by atoms with van der Waals surface area (Å²) in [6.07, 6.45) is 2.95. The molecule has 0 spiro atoms. The standard InChI is InChI=1S/C14H29NO/c1-6-11(4)12(5)15-9-13-7-8-16-14(13)10(2)3/h10-15H,6-9H2,1-5H3. The molecule has 0 amide bonds. The van der Waals surface area contributed by atoms with E-state index in [2.05, 4.69) is 39.9 Å². The first-order valence-corrected chi connectivity index (χ1v) is 6.91. The van der Waals surface area contributed by atoms with Crippen molar-refractivity contribution in [3.05, 3.63) is 0 Å². The Labute approximate surface area is 101 Å². The maximum absolute atomic E-state index is 5.81. The van der Waals surface area contributed by atoms with E-state index < -0.39 is 0 Å². The van der Waals surface area contributed by atoms with Crippen molar-refractivity contribution < 1.29 is 4.74 Å². The lowest BCUT2D eigenvalue weighted by Crippen LogP contribution is -2.38. The Morgan fingerprint density at radius 2 is 1.94 bits per heavy atom. The van der Waals surface area contributed by atoms with Gasteiger partial charge in [0.2, 0.25) is 0 Å². The third-order valence-electron chi connectivity index (χ3n) is 4.12. The molecule has 4 atom stereocenters. The molecule has 1 heterocycles. The van der Waals surface area contributed by atoms with Gasteiger partial charge in [-0.2, -0.15) is 0 Å². The predicted molar refractivity (Wildman–Crippen MR) is 69.6 cm³/mol. The summed E-state index contributed by atoms with van der Waals surface area (Å²) in [6.45, 7) is 13.5. The Balaban J connectivity index is 2.31. The lowest BCUT2D eigenvalue weighted by Gasteiger charge is -2.26. The molecule has 2 heteroatoms. The highest BCUT2D eigenvalue weighted by Crippen LogP contribution is 2.26. The zero-order valence-corrected chi connectivity index (χ0v) is 11.6. The maximum Gasteiger partial charge on any atom is 0.0639 e. The van der Waals surface area contributed by atoms with Gasteiger partial charge in [0.25, 0.3) is 0 Å². The van der Waals surface area contributed by atoms with Crippen LogP contribution in [0.5, 0.6) is 0 Å². The van der Waals surface area contributed by atoms with Gasteiger partial charge in [0.1, 0.15) is 0 Å². The van der Waals surface area contributed by atoms with Crippen LogP contribution in [0.4, 0.5) is 0 Å². The normalized spacial score (nSPS) is 29.6. The first-order chi connectivity index (χ1) is 7.56. The topological polar surface area (TPSA) is 21.3 Å². The van der Waals surface area contributed by atoms with Crippen LogP contribution in [0.2, 0.25) is 0 Å². The van der Waals surface area contributed by atoms with Crippen molar-refractivity contribution in [2.24, 2.45) is 17.8 Å². The molecule has 1 aliphatic rings. The summed E-state index contributed by atoms with van der Waals surface area (Å²) >= 11 is 0. The van der Waals surface area contributed by atoms with Gasteiger partial charge in [-0.25, -0.2) is 0 Å². The molecule has 1 N–H and O–H groups in total. The van der Waals surface area contributed by atoms with Crippen LogP contribution in [-0.4, -0.2) is 25.3 Å². The molecular weight excluding hydrogens is 198 g/mol. The molecule has 0 radical (unpaired) electrons. The molecule has 1 aliphatic heterocycles. The van der Waals surface area contributed by atoms with Crippen LogP contribution in [0.3, 0.4) is 0 Å². The smallest absolute Gasteiger partial charge is 0.0639 e. The zero-order valence-electron chi connectivity index (χ0n) is 11.6. The predicted octanol–water partition coefficient (Wildman–Crippen LogP) is 3.07. The summed E-state index contributed by atoms with van der Waals surface area (Å²) < 4.78 is 5.81. The Hall–Kier alpha value is -0.0800. The molecular formula is C14H29NO. The van der Waals surface area contributed by atoms with Crippen LogP contribution in [0.15, 0.2) is 0 Å². The molecule has 0 bridgehead atoms. The number of ether oxygens (including phenoxy) is 1. The first-order valence-electron chi connectivity index (χ1n) is 6.91. The molecule has 0 saturated carbocycles. The van der Waals surface area contributed by atoms with Gasteiger partial charge in [-0.15, -0.1) is 0 Å². The van der Waals surface area contributed by atoms with E-state index in [1.807, 2.05) is 0 Å². The van der Waals surface area contributed by atoms with E-state index in [0.717, 1.165) is 19.1 Å².